The second-order valence-corrected chi connectivity index (χ2v) is 7.88. The number of likely N-dealkylation sites (tertiary alicyclic amines) is 1. The van der Waals surface area contributed by atoms with Gasteiger partial charge in [0.2, 0.25) is 0 Å². The van der Waals surface area contributed by atoms with Crippen LogP contribution in [0.3, 0.4) is 0 Å². The molecule has 9 heteroatoms. The summed E-state index contributed by atoms with van der Waals surface area (Å²) in [4.78, 5) is 28.1. The van der Waals surface area contributed by atoms with Crippen LogP contribution in [-0.4, -0.2) is 65.5 Å². The first-order valence-electron chi connectivity index (χ1n) is 9.62. The largest absolute Gasteiger partial charge is 0.389 e. The summed E-state index contributed by atoms with van der Waals surface area (Å²) < 4.78 is 11.5. The predicted molar refractivity (Wildman–Crippen MR) is 99.2 cm³/mol. The first kappa shape index (κ1) is 19.3. The third kappa shape index (κ3) is 2.81. The van der Waals surface area contributed by atoms with Crippen molar-refractivity contribution in [3.63, 3.8) is 0 Å². The van der Waals surface area contributed by atoms with Crippen molar-refractivity contribution in [3.8, 4) is 0 Å². The number of para-hydroxylation sites is 1. The molecule has 1 aromatic carbocycles. The van der Waals surface area contributed by atoms with E-state index in [-0.39, 0.29) is 5.91 Å². The van der Waals surface area contributed by atoms with E-state index in [1.807, 2.05) is 12.1 Å². The van der Waals surface area contributed by atoms with Crippen LogP contribution in [0.4, 0.5) is 5.69 Å². The lowest BCUT2D eigenvalue weighted by Crippen LogP contribution is -2.61. The number of benzene rings is 1. The SMILES string of the molecule is C[C@H]1CCCCN1CN1C(=O)C2(OCC(CO)([N+](=O)[O-])CO2)c2ccccc21. The zero-order valence-electron chi connectivity index (χ0n) is 15.9. The Labute approximate surface area is 163 Å². The van der Waals surface area contributed by atoms with Gasteiger partial charge in [0.15, 0.2) is 0 Å². The highest BCUT2D eigenvalue weighted by atomic mass is 16.7. The highest BCUT2D eigenvalue weighted by Crippen LogP contribution is 2.46. The van der Waals surface area contributed by atoms with Crippen molar-refractivity contribution in [2.75, 3.05) is 37.9 Å². The normalized spacial score (nSPS) is 33.3. The number of anilines is 1. The molecule has 0 radical (unpaired) electrons. The van der Waals surface area contributed by atoms with Crippen molar-refractivity contribution >= 4 is 11.6 Å². The summed E-state index contributed by atoms with van der Waals surface area (Å²) in [6, 6.07) is 7.59. The van der Waals surface area contributed by atoms with Crippen LogP contribution in [0.25, 0.3) is 0 Å². The molecule has 3 aliphatic rings. The Morgan fingerprint density at radius 2 is 2.00 bits per heavy atom. The first-order valence-corrected chi connectivity index (χ1v) is 9.62. The smallest absolute Gasteiger partial charge is 0.293 e. The summed E-state index contributed by atoms with van der Waals surface area (Å²) >= 11 is 0. The molecule has 28 heavy (non-hydrogen) atoms. The van der Waals surface area contributed by atoms with Gasteiger partial charge in [-0.3, -0.25) is 24.7 Å². The summed E-state index contributed by atoms with van der Waals surface area (Å²) in [6.07, 6.45) is 3.36. The molecule has 9 nitrogen and oxygen atoms in total. The third-order valence-electron chi connectivity index (χ3n) is 6.11. The molecule has 2 saturated heterocycles. The minimum atomic E-state index is -1.75. The molecule has 2 fully saturated rings. The van der Waals surface area contributed by atoms with Gasteiger partial charge in [0.25, 0.3) is 17.2 Å². The van der Waals surface area contributed by atoms with Gasteiger partial charge in [-0.1, -0.05) is 24.6 Å². The second-order valence-electron chi connectivity index (χ2n) is 7.88. The Kier molecular flexibility index (Phi) is 4.86. The number of nitrogens with zero attached hydrogens (tertiary/aromatic N) is 3. The fourth-order valence-corrected chi connectivity index (χ4v) is 4.17. The Balaban J connectivity index is 1.63. The lowest BCUT2D eigenvalue weighted by Gasteiger charge is -2.39. The minimum Gasteiger partial charge on any atom is -0.389 e. The quantitative estimate of drug-likeness (QED) is 0.605. The van der Waals surface area contributed by atoms with Crippen LogP contribution in [0.15, 0.2) is 24.3 Å². The van der Waals surface area contributed by atoms with Crippen LogP contribution in [0.5, 0.6) is 0 Å². The summed E-state index contributed by atoms with van der Waals surface area (Å²) in [5.41, 5.74) is -0.502. The highest BCUT2D eigenvalue weighted by Gasteiger charge is 2.61. The van der Waals surface area contributed by atoms with Crippen molar-refractivity contribution in [1.82, 2.24) is 4.90 Å². The summed E-state index contributed by atoms with van der Waals surface area (Å²) in [6.45, 7) is 1.97. The van der Waals surface area contributed by atoms with E-state index in [9.17, 15) is 20.0 Å². The number of aliphatic hydroxyl groups is 1. The van der Waals surface area contributed by atoms with Gasteiger partial charge in [-0.25, -0.2) is 0 Å². The van der Waals surface area contributed by atoms with Gasteiger partial charge in [-0.05, 0) is 25.8 Å². The van der Waals surface area contributed by atoms with Gasteiger partial charge in [-0.2, -0.15) is 0 Å². The molecule has 0 unspecified atom stereocenters. The molecule has 3 heterocycles. The molecule has 152 valence electrons. The number of fused-ring (bicyclic) bond motifs is 2. The standard InChI is InChI=1S/C19H25N3O6/c1-14-6-4-5-9-20(14)13-21-16-8-3-2-7-15(16)19(17(21)24)27-11-18(10-23,12-28-19)22(25)26/h2-3,7-8,14,23H,4-6,9-13H2,1H3/t14-,18?,19?/m0/s1. The molecule has 1 amide bonds. The maximum absolute atomic E-state index is 13.4. The lowest BCUT2D eigenvalue weighted by atomic mass is 10.00. The van der Waals surface area contributed by atoms with E-state index in [1.54, 1.807) is 17.0 Å². The number of hydrogen-bond acceptors (Lipinski definition) is 7. The molecule has 4 rings (SSSR count). The maximum atomic E-state index is 13.4. The van der Waals surface area contributed by atoms with Crippen LogP contribution < -0.4 is 4.90 Å². The number of nitro groups is 1. The molecule has 1 N–H and O–H groups in total. The van der Waals surface area contributed by atoms with E-state index >= 15 is 0 Å². The van der Waals surface area contributed by atoms with Gasteiger partial charge in [0.05, 0.1) is 12.4 Å². The van der Waals surface area contributed by atoms with Crippen molar-refractivity contribution in [2.24, 2.45) is 0 Å². The zero-order valence-corrected chi connectivity index (χ0v) is 15.9. The monoisotopic (exact) mass is 391 g/mol. The maximum Gasteiger partial charge on any atom is 0.293 e. The van der Waals surface area contributed by atoms with Gasteiger partial charge >= 0.3 is 0 Å². The number of ether oxygens (including phenoxy) is 2. The number of aliphatic hydroxyl groups excluding tert-OH is 1. The third-order valence-corrected chi connectivity index (χ3v) is 6.11. The summed E-state index contributed by atoms with van der Waals surface area (Å²) in [5, 5.41) is 20.9. The molecule has 0 aromatic heterocycles. The minimum absolute atomic E-state index is 0.370. The van der Waals surface area contributed by atoms with E-state index in [0.29, 0.717) is 24.0 Å². The number of hydrogen-bond donors (Lipinski definition) is 1. The number of piperidine rings is 1. The first-order chi connectivity index (χ1) is 13.4. The Morgan fingerprint density at radius 1 is 1.29 bits per heavy atom. The van der Waals surface area contributed by atoms with E-state index in [2.05, 4.69) is 11.8 Å². The van der Waals surface area contributed by atoms with Gasteiger partial charge < -0.3 is 14.6 Å². The van der Waals surface area contributed by atoms with Crippen molar-refractivity contribution in [2.45, 2.75) is 43.6 Å². The Hall–Kier alpha value is -2.07. The van der Waals surface area contributed by atoms with E-state index < -0.39 is 36.1 Å². The summed E-state index contributed by atoms with van der Waals surface area (Å²) in [7, 11) is 0. The Bertz CT molecular complexity index is 777. The van der Waals surface area contributed by atoms with Gasteiger partial charge in [0.1, 0.15) is 19.8 Å². The van der Waals surface area contributed by atoms with Gasteiger partial charge in [-0.15, -0.1) is 0 Å². The van der Waals surface area contributed by atoms with E-state index in [1.165, 1.54) is 6.42 Å². The van der Waals surface area contributed by atoms with E-state index in [4.69, 9.17) is 9.47 Å². The molecular weight excluding hydrogens is 366 g/mol. The molecule has 3 aliphatic heterocycles. The van der Waals surface area contributed by atoms with Crippen LogP contribution >= 0.6 is 0 Å². The molecule has 0 saturated carbocycles. The van der Waals surface area contributed by atoms with Crippen molar-refractivity contribution in [3.05, 3.63) is 39.9 Å². The van der Waals surface area contributed by atoms with Crippen LogP contribution in [0, 0.1) is 10.1 Å². The van der Waals surface area contributed by atoms with Crippen LogP contribution in [-0.2, 0) is 20.1 Å². The Morgan fingerprint density at radius 3 is 2.64 bits per heavy atom. The molecule has 0 aliphatic carbocycles. The number of carbonyl (C=O) groups is 1. The lowest BCUT2D eigenvalue weighted by molar-refractivity contribution is -0.598. The van der Waals surface area contributed by atoms with Crippen molar-refractivity contribution in [1.29, 1.82) is 0 Å². The van der Waals surface area contributed by atoms with Crippen molar-refractivity contribution < 1.29 is 24.3 Å². The number of amides is 1. The fourth-order valence-electron chi connectivity index (χ4n) is 4.17. The highest BCUT2D eigenvalue weighted by molar-refractivity contribution is 6.06. The number of carbonyl (C=O) groups excluding carboxylic acids is 1. The zero-order chi connectivity index (χ0) is 19.9. The van der Waals surface area contributed by atoms with E-state index in [0.717, 1.165) is 19.4 Å². The van der Waals surface area contributed by atoms with Gasteiger partial charge in [0, 0.05) is 23.1 Å². The molecular formula is C19H25N3O6. The molecule has 1 atom stereocenters. The molecule has 1 spiro atoms. The fraction of sp³-hybridized carbons (Fsp3) is 0.632. The average molecular weight is 391 g/mol. The van der Waals surface area contributed by atoms with Crippen LogP contribution in [0.2, 0.25) is 0 Å². The predicted octanol–water partition coefficient (Wildman–Crippen LogP) is 1.07. The number of rotatable bonds is 4. The topological polar surface area (TPSA) is 105 Å². The molecule has 0 bridgehead atoms. The second kappa shape index (κ2) is 7.07. The average Bonchev–Trinajstić information content (AvgIpc) is 2.93. The summed E-state index contributed by atoms with van der Waals surface area (Å²) in [5.74, 6) is -2.06. The van der Waals surface area contributed by atoms with Crippen LogP contribution in [0.1, 0.15) is 31.7 Å². The molecule has 1 aromatic rings.